The summed E-state index contributed by atoms with van der Waals surface area (Å²) in [6, 6.07) is 5.59. The van der Waals surface area contributed by atoms with Crippen LogP contribution in [-0.2, 0) is 4.79 Å². The van der Waals surface area contributed by atoms with Crippen LogP contribution in [0.25, 0.3) is 16.5 Å². The van der Waals surface area contributed by atoms with Crippen molar-refractivity contribution in [2.45, 2.75) is 13.8 Å². The fourth-order valence-corrected chi connectivity index (χ4v) is 2.30. The number of hydrogen-bond donors (Lipinski definition) is 2. The second-order valence-electron chi connectivity index (χ2n) is 3.95. The van der Waals surface area contributed by atoms with Gasteiger partial charge in [-0.05, 0) is 25.5 Å². The third kappa shape index (κ3) is 2.06. The lowest BCUT2D eigenvalue weighted by Crippen LogP contribution is -1.90. The Kier molecular flexibility index (Phi) is 2.94. The Morgan fingerprint density at radius 3 is 2.82 bits per heavy atom. The van der Waals surface area contributed by atoms with E-state index in [0.717, 1.165) is 22.2 Å². The largest absolute Gasteiger partial charge is 0.478 e. The maximum Gasteiger partial charge on any atom is 0.328 e. The summed E-state index contributed by atoms with van der Waals surface area (Å²) in [6.07, 6.45) is 1.20. The zero-order chi connectivity index (χ0) is 12.6. The van der Waals surface area contributed by atoms with Gasteiger partial charge in [0.15, 0.2) is 0 Å². The third-order valence-corrected chi connectivity index (χ3v) is 3.02. The maximum atomic E-state index is 10.7. The first kappa shape index (κ1) is 11.7. The highest BCUT2D eigenvalue weighted by Crippen LogP contribution is 2.31. The molecule has 0 radical (unpaired) electrons. The van der Waals surface area contributed by atoms with E-state index >= 15 is 0 Å². The molecule has 4 heteroatoms. The number of carbonyl (C=O) groups is 1. The molecular weight excluding hydrogens is 238 g/mol. The van der Waals surface area contributed by atoms with Crippen LogP contribution in [0.3, 0.4) is 0 Å². The smallest absolute Gasteiger partial charge is 0.328 e. The van der Waals surface area contributed by atoms with Gasteiger partial charge in [0.1, 0.15) is 0 Å². The quantitative estimate of drug-likeness (QED) is 0.799. The van der Waals surface area contributed by atoms with Crippen molar-refractivity contribution in [1.82, 2.24) is 4.98 Å². The lowest BCUT2D eigenvalue weighted by Gasteiger charge is -2.00. The van der Waals surface area contributed by atoms with Gasteiger partial charge in [-0.15, -0.1) is 0 Å². The number of carboxylic acid groups (broad SMARTS) is 1. The minimum absolute atomic E-state index is 0.639. The molecule has 0 aliphatic rings. The minimum Gasteiger partial charge on any atom is -0.478 e. The van der Waals surface area contributed by atoms with E-state index in [1.165, 1.54) is 6.08 Å². The molecule has 0 saturated carbocycles. The third-order valence-electron chi connectivity index (χ3n) is 2.70. The molecule has 1 aromatic heterocycles. The lowest BCUT2D eigenvalue weighted by atomic mass is 10.0. The molecular formula is C13H12ClNO2. The van der Waals surface area contributed by atoms with Gasteiger partial charge in [-0.3, -0.25) is 0 Å². The molecule has 2 rings (SSSR count). The number of hydrogen-bond acceptors (Lipinski definition) is 1. The first-order valence-corrected chi connectivity index (χ1v) is 5.57. The predicted octanol–water partition coefficient (Wildman–Crippen LogP) is 3.62. The Hall–Kier alpha value is -1.74. The molecule has 0 unspecified atom stereocenters. The number of nitrogens with one attached hydrogen (secondary N) is 1. The molecule has 0 saturated heterocycles. The number of benzene rings is 1. The molecule has 3 nitrogen and oxygen atoms in total. The predicted molar refractivity (Wildman–Crippen MR) is 69.3 cm³/mol. The topological polar surface area (TPSA) is 53.1 Å². The lowest BCUT2D eigenvalue weighted by molar-refractivity contribution is -0.131. The summed E-state index contributed by atoms with van der Waals surface area (Å²) in [7, 11) is 0. The Labute approximate surface area is 104 Å². The summed E-state index contributed by atoms with van der Waals surface area (Å²) >= 11 is 6.09. The average molecular weight is 250 g/mol. The number of rotatable bonds is 2. The molecule has 2 N–H and O–H groups in total. The molecule has 0 atom stereocenters. The number of carboxylic acids is 1. The van der Waals surface area contributed by atoms with Crippen LogP contribution >= 0.6 is 11.6 Å². The van der Waals surface area contributed by atoms with Gasteiger partial charge in [-0.2, -0.15) is 0 Å². The summed E-state index contributed by atoms with van der Waals surface area (Å²) in [6.45, 7) is 3.69. The van der Waals surface area contributed by atoms with Crippen molar-refractivity contribution in [3.63, 3.8) is 0 Å². The van der Waals surface area contributed by atoms with E-state index in [1.807, 2.05) is 19.1 Å². The van der Waals surface area contributed by atoms with Crippen LogP contribution in [0.2, 0.25) is 5.02 Å². The number of H-pyrrole nitrogens is 1. The van der Waals surface area contributed by atoms with Crippen LogP contribution in [0, 0.1) is 6.92 Å². The molecule has 1 aromatic carbocycles. The van der Waals surface area contributed by atoms with Gasteiger partial charge in [-0.25, -0.2) is 4.79 Å². The first-order valence-electron chi connectivity index (χ1n) is 5.19. The fourth-order valence-electron chi connectivity index (χ4n) is 2.08. The SMILES string of the molecule is C/C(=C\C(=O)O)c1c(C)[nH]c2c(Cl)cccc12. The average Bonchev–Trinajstić information content (AvgIpc) is 2.55. The van der Waals surface area contributed by atoms with E-state index in [-0.39, 0.29) is 0 Å². The number of aromatic nitrogens is 1. The molecule has 0 bridgehead atoms. The van der Waals surface area contributed by atoms with E-state index < -0.39 is 5.97 Å². The zero-order valence-electron chi connectivity index (χ0n) is 9.54. The Balaban J connectivity index is 2.74. The Bertz CT molecular complexity index is 626. The van der Waals surface area contributed by atoms with E-state index in [9.17, 15) is 4.79 Å². The summed E-state index contributed by atoms with van der Waals surface area (Å²) in [4.78, 5) is 13.9. The molecule has 1 heterocycles. The number of aryl methyl sites for hydroxylation is 1. The fraction of sp³-hybridized carbons (Fsp3) is 0.154. The van der Waals surface area contributed by atoms with Crippen molar-refractivity contribution in [3.8, 4) is 0 Å². The molecule has 0 aliphatic carbocycles. The second kappa shape index (κ2) is 4.26. The van der Waals surface area contributed by atoms with Crippen LogP contribution < -0.4 is 0 Å². The standard InChI is InChI=1S/C13H12ClNO2/c1-7(6-11(16)17)12-8(2)15-13-9(12)4-3-5-10(13)14/h3-6,15H,1-2H3,(H,16,17)/b7-6+. The van der Waals surface area contributed by atoms with Crippen LogP contribution in [0.5, 0.6) is 0 Å². The molecule has 0 fully saturated rings. The van der Waals surface area contributed by atoms with Gasteiger partial charge in [0.05, 0.1) is 10.5 Å². The Morgan fingerprint density at radius 1 is 1.47 bits per heavy atom. The summed E-state index contributed by atoms with van der Waals surface area (Å²) in [5, 5.41) is 10.4. The highest BCUT2D eigenvalue weighted by Gasteiger charge is 2.12. The first-order chi connectivity index (χ1) is 8.00. The van der Waals surface area contributed by atoms with Gasteiger partial charge in [-0.1, -0.05) is 23.7 Å². The van der Waals surface area contributed by atoms with Crippen LogP contribution in [-0.4, -0.2) is 16.1 Å². The summed E-state index contributed by atoms with van der Waals surface area (Å²) in [5.74, 6) is -0.946. The molecule has 2 aromatic rings. The van der Waals surface area contributed by atoms with Gasteiger partial charge in [0.25, 0.3) is 0 Å². The number of allylic oxidation sites excluding steroid dienone is 1. The maximum absolute atomic E-state index is 10.7. The number of fused-ring (bicyclic) bond motifs is 1. The van der Waals surface area contributed by atoms with Crippen LogP contribution in [0.1, 0.15) is 18.2 Å². The van der Waals surface area contributed by atoms with Gasteiger partial charge in [0, 0.05) is 22.7 Å². The van der Waals surface area contributed by atoms with Crippen LogP contribution in [0.15, 0.2) is 24.3 Å². The van der Waals surface area contributed by atoms with E-state index in [2.05, 4.69) is 4.98 Å². The monoisotopic (exact) mass is 249 g/mol. The van der Waals surface area contributed by atoms with Gasteiger partial charge in [0.2, 0.25) is 0 Å². The van der Waals surface area contributed by atoms with Gasteiger partial charge < -0.3 is 10.1 Å². The summed E-state index contributed by atoms with van der Waals surface area (Å²) in [5.41, 5.74) is 3.39. The number of aromatic amines is 1. The van der Waals surface area contributed by atoms with Crippen molar-refractivity contribution in [2.24, 2.45) is 0 Å². The van der Waals surface area contributed by atoms with E-state index in [1.54, 1.807) is 13.0 Å². The minimum atomic E-state index is -0.946. The highest BCUT2D eigenvalue weighted by molar-refractivity contribution is 6.35. The second-order valence-corrected chi connectivity index (χ2v) is 4.36. The zero-order valence-corrected chi connectivity index (χ0v) is 10.3. The normalized spacial score (nSPS) is 12.1. The van der Waals surface area contributed by atoms with Crippen molar-refractivity contribution < 1.29 is 9.90 Å². The van der Waals surface area contributed by atoms with Crippen molar-refractivity contribution >= 4 is 34.0 Å². The summed E-state index contributed by atoms with van der Waals surface area (Å²) < 4.78 is 0. The Morgan fingerprint density at radius 2 is 2.18 bits per heavy atom. The molecule has 0 amide bonds. The van der Waals surface area contributed by atoms with E-state index in [0.29, 0.717) is 10.6 Å². The molecule has 17 heavy (non-hydrogen) atoms. The molecule has 0 spiro atoms. The number of aliphatic carboxylic acids is 1. The van der Waals surface area contributed by atoms with Crippen molar-refractivity contribution in [2.75, 3.05) is 0 Å². The van der Waals surface area contributed by atoms with Crippen molar-refractivity contribution in [3.05, 3.63) is 40.6 Å². The van der Waals surface area contributed by atoms with Crippen molar-refractivity contribution in [1.29, 1.82) is 0 Å². The molecule has 88 valence electrons. The molecule has 0 aliphatic heterocycles. The number of halogens is 1. The highest BCUT2D eigenvalue weighted by atomic mass is 35.5. The van der Waals surface area contributed by atoms with E-state index in [4.69, 9.17) is 16.7 Å². The van der Waals surface area contributed by atoms with Gasteiger partial charge >= 0.3 is 5.97 Å². The number of para-hydroxylation sites is 1. The van der Waals surface area contributed by atoms with Crippen LogP contribution in [0.4, 0.5) is 0 Å².